The average molecular weight is 522 g/mol. The second kappa shape index (κ2) is 11.1. The lowest BCUT2D eigenvalue weighted by Crippen LogP contribution is -2.42. The first-order chi connectivity index (χ1) is 17.3. The first-order valence-electron chi connectivity index (χ1n) is 10.9. The van der Waals surface area contributed by atoms with Crippen LogP contribution >= 0.6 is 0 Å². The van der Waals surface area contributed by atoms with Crippen molar-refractivity contribution in [3.8, 4) is 5.75 Å². The van der Waals surface area contributed by atoms with Crippen LogP contribution in [-0.4, -0.2) is 59.8 Å². The van der Waals surface area contributed by atoms with Gasteiger partial charge in [0.15, 0.2) is 6.10 Å². The molecule has 0 spiro atoms. The van der Waals surface area contributed by atoms with Crippen LogP contribution < -0.4 is 4.74 Å². The van der Waals surface area contributed by atoms with Crippen LogP contribution in [0.25, 0.3) is 10.8 Å². The van der Waals surface area contributed by atoms with Crippen molar-refractivity contribution in [2.24, 2.45) is 0 Å². The van der Waals surface area contributed by atoms with Crippen LogP contribution in [0.2, 0.25) is 0 Å². The normalized spacial score (nSPS) is 12.8. The summed E-state index contributed by atoms with van der Waals surface area (Å²) in [4.78, 5) is 25.8. The number of halogens is 2. The molecule has 3 aromatic rings. The maximum atomic E-state index is 13.9. The van der Waals surface area contributed by atoms with Gasteiger partial charge in [-0.2, -0.15) is 17.2 Å². The Morgan fingerprint density at radius 3 is 1.84 bits per heavy atom. The molecule has 0 bridgehead atoms. The van der Waals surface area contributed by atoms with Crippen LogP contribution in [0, 0.1) is 0 Å². The molecule has 0 aliphatic rings. The van der Waals surface area contributed by atoms with E-state index in [-0.39, 0.29) is 46.6 Å². The summed E-state index contributed by atoms with van der Waals surface area (Å²) in [6.45, 7) is 0.625. The highest BCUT2D eigenvalue weighted by Crippen LogP contribution is 2.31. The van der Waals surface area contributed by atoms with E-state index in [0.29, 0.717) is 18.1 Å². The number of carbonyl (C=O) groups excluding carboxylic acids is 2. The summed E-state index contributed by atoms with van der Waals surface area (Å²) in [6.07, 6.45) is -2.19. The van der Waals surface area contributed by atoms with E-state index >= 15 is 0 Å². The molecule has 6 radical (unpaired) electrons. The minimum Gasteiger partial charge on any atom is -0.451 e. The van der Waals surface area contributed by atoms with Crippen molar-refractivity contribution in [2.75, 3.05) is 0 Å². The number of benzene rings is 3. The fourth-order valence-electron chi connectivity index (χ4n) is 3.69. The zero-order valence-electron chi connectivity index (χ0n) is 19.6. The third-order valence-corrected chi connectivity index (χ3v) is 6.66. The first-order valence-corrected chi connectivity index (χ1v) is 12.3. The van der Waals surface area contributed by atoms with Crippen LogP contribution in [0.15, 0.2) is 48.5 Å². The molecule has 0 aliphatic carbocycles. The third-order valence-electron chi connectivity index (χ3n) is 5.64. The van der Waals surface area contributed by atoms with Crippen LogP contribution in [-0.2, 0) is 33.8 Å². The van der Waals surface area contributed by atoms with E-state index in [1.807, 2.05) is 0 Å². The molecule has 1 unspecified atom stereocenters. The Bertz CT molecular complexity index is 1440. The van der Waals surface area contributed by atoms with Crippen LogP contribution in [0.5, 0.6) is 5.75 Å². The summed E-state index contributed by atoms with van der Waals surface area (Å²) in [6, 6.07) is 11.9. The molecule has 0 saturated carbocycles. The van der Waals surface area contributed by atoms with Crippen molar-refractivity contribution >= 4 is 56.4 Å². The van der Waals surface area contributed by atoms with Gasteiger partial charge in [0.05, 0.1) is 34.7 Å². The Morgan fingerprint density at radius 2 is 1.41 bits per heavy atom. The van der Waals surface area contributed by atoms with E-state index < -0.39 is 33.4 Å². The number of hydrogen-bond acceptors (Lipinski definition) is 6. The van der Waals surface area contributed by atoms with Crippen molar-refractivity contribution < 1.29 is 40.8 Å². The minimum atomic E-state index is -5.83. The van der Waals surface area contributed by atoms with E-state index in [2.05, 4.69) is 4.74 Å². The molecular weight excluding hydrogens is 503 g/mol. The minimum absolute atomic E-state index is 0.0392. The standard InChI is InChI=1S/C24H19B3F2O7S/c1-13(24(28,29)37(32,33)34)35-22(30)19-6-2-5-18-17(19)4-3-7-20(18)23(31)36-21-15(11-26)8-14(10-25)9-16(21)12-27/h2-9,13H,10-12H2,1H3,(H,32,33,34). The van der Waals surface area contributed by atoms with Crippen molar-refractivity contribution in [3.05, 3.63) is 76.3 Å². The highest BCUT2D eigenvalue weighted by Gasteiger charge is 2.52. The van der Waals surface area contributed by atoms with E-state index in [4.69, 9.17) is 32.8 Å². The molecule has 13 heteroatoms. The maximum Gasteiger partial charge on any atom is 0.405 e. The molecule has 37 heavy (non-hydrogen) atoms. The zero-order valence-corrected chi connectivity index (χ0v) is 20.4. The van der Waals surface area contributed by atoms with Crippen LogP contribution in [0.1, 0.15) is 44.3 Å². The lowest BCUT2D eigenvalue weighted by atomic mass is 9.85. The van der Waals surface area contributed by atoms with E-state index in [0.717, 1.165) is 5.56 Å². The van der Waals surface area contributed by atoms with Crippen molar-refractivity contribution in [1.29, 1.82) is 0 Å². The molecule has 1 N–H and O–H groups in total. The Labute approximate surface area is 216 Å². The topological polar surface area (TPSA) is 107 Å². The van der Waals surface area contributed by atoms with Gasteiger partial charge in [0.2, 0.25) is 0 Å². The quantitative estimate of drug-likeness (QED) is 0.199. The number of alkyl halides is 2. The summed E-state index contributed by atoms with van der Waals surface area (Å²) in [5.74, 6) is -1.91. The molecule has 1 atom stereocenters. The predicted molar refractivity (Wildman–Crippen MR) is 135 cm³/mol. The van der Waals surface area contributed by atoms with Gasteiger partial charge in [-0.25, -0.2) is 9.59 Å². The van der Waals surface area contributed by atoms with E-state index in [1.54, 1.807) is 12.1 Å². The Balaban J connectivity index is 1.99. The highest BCUT2D eigenvalue weighted by atomic mass is 32.2. The molecule has 0 aromatic heterocycles. The van der Waals surface area contributed by atoms with Gasteiger partial charge in [-0.15, -0.1) is 0 Å². The summed E-state index contributed by atoms with van der Waals surface area (Å²) < 4.78 is 68.7. The van der Waals surface area contributed by atoms with Gasteiger partial charge in [-0.05, 0) is 41.0 Å². The molecule has 0 heterocycles. The summed E-state index contributed by atoms with van der Waals surface area (Å²) in [5.41, 5.74) is 1.59. The number of esters is 2. The largest absolute Gasteiger partial charge is 0.451 e. The lowest BCUT2D eigenvalue weighted by Gasteiger charge is -2.21. The number of rotatable bonds is 9. The summed E-state index contributed by atoms with van der Waals surface area (Å²) >= 11 is 0. The molecule has 0 amide bonds. The molecule has 0 aliphatic heterocycles. The predicted octanol–water partition coefficient (Wildman–Crippen LogP) is 3.09. The van der Waals surface area contributed by atoms with Gasteiger partial charge in [-0.3, -0.25) is 4.55 Å². The van der Waals surface area contributed by atoms with Crippen LogP contribution in [0.3, 0.4) is 0 Å². The first kappa shape index (κ1) is 28.4. The lowest BCUT2D eigenvalue weighted by molar-refractivity contribution is -0.0548. The van der Waals surface area contributed by atoms with Gasteiger partial charge in [0.1, 0.15) is 5.75 Å². The molecule has 3 aromatic carbocycles. The maximum absolute atomic E-state index is 13.9. The van der Waals surface area contributed by atoms with Gasteiger partial charge in [0.25, 0.3) is 0 Å². The number of ether oxygens (including phenoxy) is 2. The van der Waals surface area contributed by atoms with Gasteiger partial charge in [0, 0.05) is 0 Å². The van der Waals surface area contributed by atoms with E-state index in [1.165, 1.54) is 36.4 Å². The van der Waals surface area contributed by atoms with Crippen molar-refractivity contribution in [2.45, 2.75) is 37.2 Å². The van der Waals surface area contributed by atoms with Crippen molar-refractivity contribution in [3.63, 3.8) is 0 Å². The Hall–Kier alpha value is -3.18. The Kier molecular flexibility index (Phi) is 8.49. The van der Waals surface area contributed by atoms with E-state index in [9.17, 15) is 26.8 Å². The second-order valence-electron chi connectivity index (χ2n) is 8.04. The molecule has 7 nitrogen and oxygen atoms in total. The zero-order chi connectivity index (χ0) is 27.5. The Morgan fingerprint density at radius 1 is 0.919 bits per heavy atom. The summed E-state index contributed by atoms with van der Waals surface area (Å²) in [5, 5.41) is -4.34. The van der Waals surface area contributed by atoms with Gasteiger partial charge < -0.3 is 9.47 Å². The number of fused-ring (bicyclic) bond motifs is 1. The smallest absolute Gasteiger partial charge is 0.405 e. The number of hydrogen-bond donors (Lipinski definition) is 1. The van der Waals surface area contributed by atoms with Crippen LogP contribution in [0.4, 0.5) is 8.78 Å². The average Bonchev–Trinajstić information content (AvgIpc) is 2.86. The highest BCUT2D eigenvalue weighted by molar-refractivity contribution is 7.86. The van der Waals surface area contributed by atoms with Gasteiger partial charge in [-0.1, -0.05) is 60.9 Å². The molecule has 186 valence electrons. The number of carbonyl (C=O) groups is 2. The molecular formula is C24H19B3F2O7S. The van der Waals surface area contributed by atoms with Gasteiger partial charge >= 0.3 is 27.3 Å². The second-order valence-corrected chi connectivity index (χ2v) is 9.53. The molecule has 3 rings (SSSR count). The molecule has 0 fully saturated rings. The fourth-order valence-corrected chi connectivity index (χ4v) is 4.16. The third kappa shape index (κ3) is 5.72. The monoisotopic (exact) mass is 522 g/mol. The van der Waals surface area contributed by atoms with Crippen molar-refractivity contribution in [1.82, 2.24) is 0 Å². The summed E-state index contributed by atoms with van der Waals surface area (Å²) in [7, 11) is 11.5. The fraction of sp³-hybridized carbons (Fsp3) is 0.250. The molecule has 0 saturated heterocycles. The SMILES string of the molecule is [B]Cc1cc(C[B])c(OC(=O)c2cccc3c(C(=O)OC(C)C(F)(F)S(=O)(=O)O)cccc23)c(C[B])c1.